The zero-order valence-corrected chi connectivity index (χ0v) is 17.4. The molecule has 1 amide bonds. The average Bonchev–Trinajstić information content (AvgIpc) is 3.02. The van der Waals surface area contributed by atoms with E-state index < -0.39 is 5.92 Å². The summed E-state index contributed by atoms with van der Waals surface area (Å²) in [7, 11) is 0. The topological polar surface area (TPSA) is 61.4 Å². The van der Waals surface area contributed by atoms with E-state index in [0.717, 1.165) is 16.7 Å². The molecule has 4 nitrogen and oxygen atoms in total. The molecule has 3 aromatic rings. The molecule has 148 valence electrons. The van der Waals surface area contributed by atoms with Crippen molar-refractivity contribution >= 4 is 52.1 Å². The van der Waals surface area contributed by atoms with Crippen molar-refractivity contribution in [3.05, 3.63) is 92.4 Å². The third kappa shape index (κ3) is 3.94. The number of benzene rings is 3. The zero-order valence-electron chi connectivity index (χ0n) is 15.1. The molecule has 7 heteroatoms. The number of nitrogens with one attached hydrogen (secondary N) is 2. The van der Waals surface area contributed by atoms with Gasteiger partial charge in [0, 0.05) is 16.4 Å². The summed E-state index contributed by atoms with van der Waals surface area (Å²) in [4.78, 5) is 12.8. The Kier molecular flexibility index (Phi) is 5.70. The number of fused-ring (bicyclic) bond motifs is 1. The molecular weight excluding hydrogens is 431 g/mol. The Bertz CT molecular complexity index is 1070. The molecule has 0 spiro atoms. The standard InChI is InChI=1S/C22H17Cl3N2O2/c23-13-6-7-14(18(8-13)26-20(11-28)12-4-2-1-3-5-12)21-15-9-16(24)17(25)10-19(15)27-22(21)29/h1-10,20-21,26,28H,11H2,(H,27,29)/t20-,21?/m0/s1. The molecule has 0 aliphatic carbocycles. The highest BCUT2D eigenvalue weighted by Crippen LogP contribution is 2.44. The Hall–Kier alpha value is -2.24. The molecule has 0 fully saturated rings. The van der Waals surface area contributed by atoms with Crippen LogP contribution in [0.3, 0.4) is 0 Å². The first-order valence-corrected chi connectivity index (χ1v) is 10.1. The van der Waals surface area contributed by atoms with E-state index in [1.807, 2.05) is 36.4 Å². The Morgan fingerprint density at radius 3 is 2.41 bits per heavy atom. The lowest BCUT2D eigenvalue weighted by atomic mass is 9.91. The van der Waals surface area contributed by atoms with Crippen LogP contribution < -0.4 is 10.6 Å². The smallest absolute Gasteiger partial charge is 0.236 e. The van der Waals surface area contributed by atoms with Crippen molar-refractivity contribution in [2.75, 3.05) is 17.2 Å². The summed E-state index contributed by atoms with van der Waals surface area (Å²) in [6, 6.07) is 17.9. The van der Waals surface area contributed by atoms with Crippen molar-refractivity contribution in [2.45, 2.75) is 12.0 Å². The van der Waals surface area contributed by atoms with Crippen LogP contribution in [0.25, 0.3) is 0 Å². The third-order valence-electron chi connectivity index (χ3n) is 4.96. The first kappa shape index (κ1) is 20.0. The van der Waals surface area contributed by atoms with Gasteiger partial charge in [-0.05, 0) is 41.0 Å². The van der Waals surface area contributed by atoms with Gasteiger partial charge in [0.05, 0.1) is 28.6 Å². The highest BCUT2D eigenvalue weighted by atomic mass is 35.5. The number of halogens is 3. The van der Waals surface area contributed by atoms with Crippen LogP contribution in [0.1, 0.15) is 28.7 Å². The monoisotopic (exact) mass is 446 g/mol. The summed E-state index contributed by atoms with van der Waals surface area (Å²) in [6.45, 7) is -0.120. The van der Waals surface area contributed by atoms with Crippen molar-refractivity contribution in [1.82, 2.24) is 0 Å². The number of aliphatic hydroxyl groups is 1. The molecule has 0 aromatic heterocycles. The highest BCUT2D eigenvalue weighted by molar-refractivity contribution is 6.42. The molecular formula is C22H17Cl3N2O2. The minimum atomic E-state index is -0.574. The number of anilines is 2. The lowest BCUT2D eigenvalue weighted by Gasteiger charge is -2.22. The molecule has 2 atom stereocenters. The summed E-state index contributed by atoms with van der Waals surface area (Å²) in [5, 5.41) is 17.4. The fourth-order valence-corrected chi connectivity index (χ4v) is 4.08. The number of amides is 1. The van der Waals surface area contributed by atoms with Gasteiger partial charge in [-0.25, -0.2) is 0 Å². The molecule has 29 heavy (non-hydrogen) atoms. The minimum absolute atomic E-state index is 0.120. The molecule has 3 N–H and O–H groups in total. The van der Waals surface area contributed by atoms with Crippen LogP contribution in [-0.4, -0.2) is 17.6 Å². The lowest BCUT2D eigenvalue weighted by molar-refractivity contribution is -0.116. The van der Waals surface area contributed by atoms with E-state index in [1.165, 1.54) is 0 Å². The van der Waals surface area contributed by atoms with Crippen molar-refractivity contribution in [3.63, 3.8) is 0 Å². The molecule has 1 heterocycles. The first-order valence-electron chi connectivity index (χ1n) is 8.99. The largest absolute Gasteiger partial charge is 0.394 e. The van der Waals surface area contributed by atoms with Gasteiger partial charge in [0.15, 0.2) is 0 Å². The zero-order chi connectivity index (χ0) is 20.5. The van der Waals surface area contributed by atoms with Gasteiger partial charge >= 0.3 is 0 Å². The van der Waals surface area contributed by atoms with Gasteiger partial charge in [-0.2, -0.15) is 0 Å². The Morgan fingerprint density at radius 1 is 0.966 bits per heavy atom. The number of rotatable bonds is 5. The SMILES string of the molecule is O=C1Nc2cc(Cl)c(Cl)cc2C1c1ccc(Cl)cc1N[C@@H](CO)c1ccccc1. The molecule has 0 saturated heterocycles. The second-order valence-corrected chi connectivity index (χ2v) is 8.05. The number of carbonyl (C=O) groups excluding carboxylic acids is 1. The maximum absolute atomic E-state index is 12.8. The molecule has 1 aliphatic rings. The van der Waals surface area contributed by atoms with Crippen LogP contribution in [-0.2, 0) is 4.79 Å². The van der Waals surface area contributed by atoms with Crippen molar-refractivity contribution < 1.29 is 9.90 Å². The van der Waals surface area contributed by atoms with E-state index in [-0.39, 0.29) is 18.6 Å². The van der Waals surface area contributed by atoms with Crippen LogP contribution in [0.15, 0.2) is 60.7 Å². The van der Waals surface area contributed by atoms with E-state index in [4.69, 9.17) is 34.8 Å². The lowest BCUT2D eigenvalue weighted by Crippen LogP contribution is -2.19. The molecule has 0 bridgehead atoms. The van der Waals surface area contributed by atoms with Crippen LogP contribution >= 0.6 is 34.8 Å². The fourth-order valence-electron chi connectivity index (χ4n) is 3.58. The molecule has 0 saturated carbocycles. The van der Waals surface area contributed by atoms with Gasteiger partial charge in [-0.1, -0.05) is 71.2 Å². The van der Waals surface area contributed by atoms with E-state index >= 15 is 0 Å². The second-order valence-electron chi connectivity index (χ2n) is 6.80. The number of carbonyl (C=O) groups is 1. The quantitative estimate of drug-likeness (QED) is 0.458. The number of hydrogen-bond acceptors (Lipinski definition) is 3. The summed E-state index contributed by atoms with van der Waals surface area (Å²) >= 11 is 18.5. The maximum Gasteiger partial charge on any atom is 0.236 e. The molecule has 1 aliphatic heterocycles. The maximum atomic E-state index is 12.8. The van der Waals surface area contributed by atoms with E-state index in [1.54, 1.807) is 24.3 Å². The fraction of sp³-hybridized carbons (Fsp3) is 0.136. The predicted molar refractivity (Wildman–Crippen MR) is 118 cm³/mol. The van der Waals surface area contributed by atoms with Crippen molar-refractivity contribution in [2.24, 2.45) is 0 Å². The molecule has 1 unspecified atom stereocenters. The van der Waals surface area contributed by atoms with Gasteiger partial charge in [0.2, 0.25) is 5.91 Å². The second kappa shape index (κ2) is 8.25. The van der Waals surface area contributed by atoms with Gasteiger partial charge in [0.1, 0.15) is 0 Å². The van der Waals surface area contributed by atoms with Gasteiger partial charge in [-0.3, -0.25) is 4.79 Å². The molecule has 4 rings (SSSR count). The summed E-state index contributed by atoms with van der Waals surface area (Å²) in [6.07, 6.45) is 0. The normalized spacial score (nSPS) is 16.3. The summed E-state index contributed by atoms with van der Waals surface area (Å²) in [5.74, 6) is -0.751. The predicted octanol–water partition coefficient (Wildman–Crippen LogP) is 5.88. The number of aliphatic hydroxyl groups excluding tert-OH is 1. The van der Waals surface area contributed by atoms with Crippen molar-refractivity contribution in [3.8, 4) is 0 Å². The first-order chi connectivity index (χ1) is 14.0. The van der Waals surface area contributed by atoms with Crippen LogP contribution in [0.2, 0.25) is 15.1 Å². The van der Waals surface area contributed by atoms with E-state index in [0.29, 0.717) is 26.4 Å². The van der Waals surface area contributed by atoms with Gasteiger partial charge in [0.25, 0.3) is 0 Å². The molecule has 0 radical (unpaired) electrons. The highest BCUT2D eigenvalue weighted by Gasteiger charge is 2.34. The summed E-state index contributed by atoms with van der Waals surface area (Å²) < 4.78 is 0. The van der Waals surface area contributed by atoms with Crippen LogP contribution in [0.4, 0.5) is 11.4 Å². The number of hydrogen-bond donors (Lipinski definition) is 3. The van der Waals surface area contributed by atoms with E-state index in [9.17, 15) is 9.90 Å². The average molecular weight is 448 g/mol. The van der Waals surface area contributed by atoms with Gasteiger partial charge < -0.3 is 15.7 Å². The van der Waals surface area contributed by atoms with Crippen molar-refractivity contribution in [1.29, 1.82) is 0 Å². The Balaban J connectivity index is 1.77. The third-order valence-corrected chi connectivity index (χ3v) is 5.92. The van der Waals surface area contributed by atoms with Crippen LogP contribution in [0.5, 0.6) is 0 Å². The van der Waals surface area contributed by atoms with Crippen LogP contribution in [0, 0.1) is 0 Å². The van der Waals surface area contributed by atoms with E-state index in [2.05, 4.69) is 10.6 Å². The Morgan fingerprint density at radius 2 is 1.69 bits per heavy atom. The minimum Gasteiger partial charge on any atom is -0.394 e. The van der Waals surface area contributed by atoms with Gasteiger partial charge in [-0.15, -0.1) is 0 Å². The molecule has 3 aromatic carbocycles. The Labute approximate surface area is 183 Å². The summed E-state index contributed by atoms with van der Waals surface area (Å²) in [5.41, 5.74) is 3.71.